The summed E-state index contributed by atoms with van der Waals surface area (Å²) in [6, 6.07) is 0. The van der Waals surface area contributed by atoms with Gasteiger partial charge in [-0.3, -0.25) is 0 Å². The number of thioether (sulfide) groups is 2. The van der Waals surface area contributed by atoms with Gasteiger partial charge in [0, 0.05) is 23.8 Å². The molecule has 2 rings (SSSR count). The van der Waals surface area contributed by atoms with E-state index < -0.39 is 11.9 Å². The van der Waals surface area contributed by atoms with Crippen molar-refractivity contribution in [3.8, 4) is 0 Å². The molecule has 18 heavy (non-hydrogen) atoms. The topological polar surface area (TPSA) is 24.9 Å². The zero-order valence-corrected chi connectivity index (χ0v) is 12.2. The van der Waals surface area contributed by atoms with Gasteiger partial charge in [0.25, 0.3) is 0 Å². The molecule has 1 aromatic heterocycles. The van der Waals surface area contributed by atoms with E-state index in [1.165, 1.54) is 11.3 Å². The standard InChI is InChI=1S/C10H13F3N2S3/c1-14-4-6-8(10(11,12)13)15-9(18-6)7-5-16-2-3-17-7/h7,14H,2-5H2,1H3. The van der Waals surface area contributed by atoms with Gasteiger partial charge in [0.1, 0.15) is 5.01 Å². The second-order valence-electron chi connectivity index (χ2n) is 3.79. The quantitative estimate of drug-likeness (QED) is 0.924. The fraction of sp³-hybridized carbons (Fsp3) is 0.700. The Hall–Kier alpha value is 0.0800. The number of aromatic nitrogens is 1. The van der Waals surface area contributed by atoms with E-state index in [2.05, 4.69) is 10.3 Å². The van der Waals surface area contributed by atoms with Crippen molar-refractivity contribution < 1.29 is 13.2 Å². The molecule has 1 saturated heterocycles. The number of hydrogen-bond donors (Lipinski definition) is 1. The molecule has 0 aromatic carbocycles. The van der Waals surface area contributed by atoms with Gasteiger partial charge in [0.05, 0.1) is 10.1 Å². The smallest absolute Gasteiger partial charge is 0.315 e. The highest BCUT2D eigenvalue weighted by atomic mass is 32.2. The van der Waals surface area contributed by atoms with Gasteiger partial charge >= 0.3 is 6.18 Å². The fourth-order valence-corrected chi connectivity index (χ4v) is 5.72. The van der Waals surface area contributed by atoms with Crippen LogP contribution in [0.1, 0.15) is 20.8 Å². The zero-order chi connectivity index (χ0) is 13.2. The summed E-state index contributed by atoms with van der Waals surface area (Å²) in [5.74, 6) is 2.91. The minimum absolute atomic E-state index is 0.112. The molecule has 1 fully saturated rings. The first-order valence-electron chi connectivity index (χ1n) is 5.43. The van der Waals surface area contributed by atoms with Crippen molar-refractivity contribution in [2.24, 2.45) is 0 Å². The third kappa shape index (κ3) is 3.34. The van der Waals surface area contributed by atoms with Crippen molar-refractivity contribution in [1.82, 2.24) is 10.3 Å². The predicted octanol–water partition coefficient (Wildman–Crippen LogP) is 3.40. The molecule has 0 spiro atoms. The lowest BCUT2D eigenvalue weighted by atomic mass is 10.3. The Morgan fingerprint density at radius 1 is 1.39 bits per heavy atom. The summed E-state index contributed by atoms with van der Waals surface area (Å²) in [6.45, 7) is 0.219. The summed E-state index contributed by atoms with van der Waals surface area (Å²) < 4.78 is 38.6. The number of hydrogen-bond acceptors (Lipinski definition) is 5. The third-order valence-electron chi connectivity index (χ3n) is 2.41. The van der Waals surface area contributed by atoms with Crippen LogP contribution in [-0.2, 0) is 12.7 Å². The highest BCUT2D eigenvalue weighted by molar-refractivity contribution is 8.06. The Morgan fingerprint density at radius 2 is 2.17 bits per heavy atom. The molecule has 1 aliphatic heterocycles. The van der Waals surface area contributed by atoms with E-state index >= 15 is 0 Å². The molecule has 2 nitrogen and oxygen atoms in total. The first-order chi connectivity index (χ1) is 8.52. The highest BCUT2D eigenvalue weighted by Gasteiger charge is 2.38. The summed E-state index contributed by atoms with van der Waals surface area (Å²) in [7, 11) is 1.64. The van der Waals surface area contributed by atoms with E-state index in [4.69, 9.17) is 0 Å². The second kappa shape index (κ2) is 6.02. The van der Waals surface area contributed by atoms with Gasteiger partial charge in [0.2, 0.25) is 0 Å². The number of nitrogens with one attached hydrogen (secondary N) is 1. The number of rotatable bonds is 3. The Labute approximate surface area is 116 Å². The van der Waals surface area contributed by atoms with Crippen LogP contribution in [-0.4, -0.2) is 29.3 Å². The molecule has 1 unspecified atom stereocenters. The Kier molecular flexibility index (Phi) is 4.85. The van der Waals surface area contributed by atoms with Crippen molar-refractivity contribution >= 4 is 34.9 Å². The van der Waals surface area contributed by atoms with Gasteiger partial charge < -0.3 is 5.32 Å². The van der Waals surface area contributed by atoms with E-state index in [9.17, 15) is 13.2 Å². The molecule has 8 heteroatoms. The number of thiazole rings is 1. The van der Waals surface area contributed by atoms with Crippen LogP contribution >= 0.6 is 34.9 Å². The maximum absolute atomic E-state index is 12.9. The summed E-state index contributed by atoms with van der Waals surface area (Å²) in [5.41, 5.74) is -0.715. The second-order valence-corrected chi connectivity index (χ2v) is 7.36. The molecule has 102 valence electrons. The summed E-state index contributed by atoms with van der Waals surface area (Å²) in [6.07, 6.45) is -4.35. The SMILES string of the molecule is CNCc1sc(C2CSCCS2)nc1C(F)(F)F. The van der Waals surface area contributed by atoms with Gasteiger partial charge in [-0.1, -0.05) is 0 Å². The van der Waals surface area contributed by atoms with Crippen LogP contribution in [0.5, 0.6) is 0 Å². The number of alkyl halides is 3. The largest absolute Gasteiger partial charge is 0.434 e. The zero-order valence-electron chi connectivity index (χ0n) is 9.71. The van der Waals surface area contributed by atoms with E-state index in [0.29, 0.717) is 5.01 Å². The molecule has 0 bridgehead atoms. The molecule has 0 saturated carbocycles. The van der Waals surface area contributed by atoms with Crippen molar-refractivity contribution in [2.45, 2.75) is 18.0 Å². The van der Waals surface area contributed by atoms with Gasteiger partial charge in [0.15, 0.2) is 5.69 Å². The van der Waals surface area contributed by atoms with Crippen molar-refractivity contribution in [3.05, 3.63) is 15.6 Å². The normalized spacial score (nSPS) is 21.2. The van der Waals surface area contributed by atoms with Crippen LogP contribution in [0.4, 0.5) is 13.2 Å². The molecule has 0 amide bonds. The first kappa shape index (κ1) is 14.5. The Morgan fingerprint density at radius 3 is 2.72 bits per heavy atom. The Balaban J connectivity index is 2.26. The molecule has 1 aliphatic rings. The first-order valence-corrected chi connectivity index (χ1v) is 8.45. The van der Waals surface area contributed by atoms with E-state index in [0.717, 1.165) is 17.3 Å². The summed E-state index contributed by atoms with van der Waals surface area (Å²) in [4.78, 5) is 4.13. The predicted molar refractivity (Wildman–Crippen MR) is 72.4 cm³/mol. The lowest BCUT2D eigenvalue weighted by molar-refractivity contribution is -0.141. The molecule has 2 heterocycles. The molecular formula is C10H13F3N2S3. The van der Waals surface area contributed by atoms with Crippen molar-refractivity contribution in [1.29, 1.82) is 0 Å². The molecule has 1 aromatic rings. The minimum atomic E-state index is -4.35. The van der Waals surface area contributed by atoms with E-state index in [-0.39, 0.29) is 16.7 Å². The van der Waals surface area contributed by atoms with Gasteiger partial charge in [-0.15, -0.1) is 23.1 Å². The maximum Gasteiger partial charge on any atom is 0.434 e. The number of halogens is 3. The van der Waals surface area contributed by atoms with E-state index in [1.54, 1.807) is 30.6 Å². The van der Waals surface area contributed by atoms with Crippen LogP contribution < -0.4 is 5.32 Å². The van der Waals surface area contributed by atoms with Crippen LogP contribution in [0.2, 0.25) is 0 Å². The maximum atomic E-state index is 12.9. The molecule has 0 aliphatic carbocycles. The van der Waals surface area contributed by atoms with Crippen LogP contribution in [0.25, 0.3) is 0 Å². The Bertz CT molecular complexity index is 400. The minimum Gasteiger partial charge on any atom is -0.315 e. The molecule has 1 N–H and O–H groups in total. The lowest BCUT2D eigenvalue weighted by Crippen LogP contribution is -2.13. The number of nitrogens with zero attached hydrogens (tertiary/aromatic N) is 1. The van der Waals surface area contributed by atoms with E-state index in [1.807, 2.05) is 0 Å². The monoisotopic (exact) mass is 314 g/mol. The lowest BCUT2D eigenvalue weighted by Gasteiger charge is -2.18. The van der Waals surface area contributed by atoms with Crippen LogP contribution in [0.3, 0.4) is 0 Å². The van der Waals surface area contributed by atoms with Gasteiger partial charge in [-0.05, 0) is 7.05 Å². The van der Waals surface area contributed by atoms with Gasteiger partial charge in [-0.25, -0.2) is 4.98 Å². The van der Waals surface area contributed by atoms with Crippen molar-refractivity contribution in [3.63, 3.8) is 0 Å². The third-order valence-corrected chi connectivity index (χ3v) is 6.49. The average molecular weight is 314 g/mol. The highest BCUT2D eigenvalue weighted by Crippen LogP contribution is 2.42. The molecule has 0 radical (unpaired) electrons. The molecular weight excluding hydrogens is 301 g/mol. The van der Waals surface area contributed by atoms with Crippen molar-refractivity contribution in [2.75, 3.05) is 24.3 Å². The summed E-state index contributed by atoms with van der Waals surface area (Å²) in [5, 5.41) is 3.50. The summed E-state index contributed by atoms with van der Waals surface area (Å²) >= 11 is 4.68. The average Bonchev–Trinajstić information content (AvgIpc) is 2.75. The molecule has 1 atom stereocenters. The van der Waals surface area contributed by atoms with Gasteiger partial charge in [-0.2, -0.15) is 24.9 Å². The van der Waals surface area contributed by atoms with Crippen LogP contribution in [0.15, 0.2) is 0 Å². The fourth-order valence-electron chi connectivity index (χ4n) is 1.64. The van der Waals surface area contributed by atoms with Crippen LogP contribution in [0, 0.1) is 0 Å².